The zero-order chi connectivity index (χ0) is 27.5. The van der Waals surface area contributed by atoms with Crippen molar-refractivity contribution in [3.8, 4) is 0 Å². The minimum Gasteiger partial charge on any atom is -0.382 e. The summed E-state index contributed by atoms with van der Waals surface area (Å²) in [5.41, 5.74) is 5.54. The average Bonchev–Trinajstić information content (AvgIpc) is 3.00. The fourth-order valence-electron chi connectivity index (χ4n) is 3.38. The molecule has 39 heavy (non-hydrogen) atoms. The molecule has 6 heteroatoms. The number of hydrogen-bond donors (Lipinski definition) is 1. The summed E-state index contributed by atoms with van der Waals surface area (Å²) in [4.78, 5) is 2.18. The van der Waals surface area contributed by atoms with Crippen molar-refractivity contribution in [3.63, 3.8) is 0 Å². The summed E-state index contributed by atoms with van der Waals surface area (Å²) in [6, 6.07) is 35.2. The third-order valence-corrected chi connectivity index (χ3v) is 5.31. The Morgan fingerprint density at radius 2 is 0.923 bits per heavy atom. The van der Waals surface area contributed by atoms with Gasteiger partial charge in [-0.3, -0.25) is 0 Å². The van der Waals surface area contributed by atoms with Gasteiger partial charge in [-0.1, -0.05) is 54.6 Å². The highest BCUT2D eigenvalue weighted by molar-refractivity contribution is 5.54. The molecule has 0 amide bonds. The van der Waals surface area contributed by atoms with Crippen LogP contribution in [-0.2, 0) is 0 Å². The van der Waals surface area contributed by atoms with Crippen LogP contribution < -0.4 is 10.2 Å². The maximum atomic E-state index is 4.24. The largest absolute Gasteiger partial charge is 0.382 e. The van der Waals surface area contributed by atoms with Gasteiger partial charge in [-0.25, -0.2) is 0 Å². The van der Waals surface area contributed by atoms with Crippen LogP contribution in [0.5, 0.6) is 0 Å². The van der Waals surface area contributed by atoms with E-state index in [1.165, 1.54) is 0 Å². The van der Waals surface area contributed by atoms with E-state index in [0.717, 1.165) is 53.8 Å². The summed E-state index contributed by atoms with van der Waals surface area (Å²) < 4.78 is 0. The highest BCUT2D eigenvalue weighted by Gasteiger charge is 2.02. The Balaban J connectivity index is 0.000000218. The molecular weight excluding hydrogens is 480 g/mol. The molecule has 0 aliphatic rings. The highest BCUT2D eigenvalue weighted by atomic mass is 15.1. The van der Waals surface area contributed by atoms with Crippen LogP contribution in [0.15, 0.2) is 168 Å². The number of hydrogen-bond acceptors (Lipinski definition) is 6. The molecule has 0 aliphatic heterocycles. The van der Waals surface area contributed by atoms with Crippen LogP contribution in [0.2, 0.25) is 0 Å². The molecule has 4 aromatic carbocycles. The van der Waals surface area contributed by atoms with E-state index in [1.54, 1.807) is 0 Å². The molecule has 196 valence electrons. The molecular formula is C33H34N6. The van der Waals surface area contributed by atoms with Crippen LogP contribution in [0, 0.1) is 0 Å². The molecule has 0 spiro atoms. The minimum atomic E-state index is 0.755. The lowest BCUT2D eigenvalue weighted by Gasteiger charge is -2.21. The first kappa shape index (κ1) is 28.5. The maximum absolute atomic E-state index is 4.24. The van der Waals surface area contributed by atoms with Crippen molar-refractivity contribution in [2.45, 2.75) is 0 Å². The lowest BCUT2D eigenvalue weighted by atomic mass is 10.2. The van der Waals surface area contributed by atoms with Crippen LogP contribution in [0.4, 0.5) is 34.1 Å². The number of benzene rings is 4. The average molecular weight is 515 g/mol. The number of azo groups is 2. The van der Waals surface area contributed by atoms with E-state index >= 15 is 0 Å². The SMILES string of the molecule is C=CCN(CC=C)c1ccc(N=Nc2ccccc2)cc1.C=CCNc1ccc(N=Nc2ccccc2)cc1. The van der Waals surface area contributed by atoms with Gasteiger partial charge in [0.2, 0.25) is 0 Å². The van der Waals surface area contributed by atoms with Crippen molar-refractivity contribution in [2.24, 2.45) is 20.5 Å². The number of anilines is 2. The van der Waals surface area contributed by atoms with E-state index in [0.29, 0.717) is 0 Å². The van der Waals surface area contributed by atoms with Gasteiger partial charge in [0.1, 0.15) is 0 Å². The summed E-state index contributed by atoms with van der Waals surface area (Å²) >= 11 is 0. The summed E-state index contributed by atoms with van der Waals surface area (Å²) in [5.74, 6) is 0. The van der Waals surface area contributed by atoms with E-state index in [4.69, 9.17) is 0 Å². The highest BCUT2D eigenvalue weighted by Crippen LogP contribution is 2.22. The third kappa shape index (κ3) is 10.4. The van der Waals surface area contributed by atoms with Gasteiger partial charge in [-0.2, -0.15) is 20.5 Å². The monoisotopic (exact) mass is 514 g/mol. The van der Waals surface area contributed by atoms with Gasteiger partial charge < -0.3 is 10.2 Å². The molecule has 0 unspecified atom stereocenters. The van der Waals surface area contributed by atoms with Gasteiger partial charge in [-0.05, 0) is 72.8 Å². The predicted octanol–water partition coefficient (Wildman–Crippen LogP) is 9.98. The molecule has 0 bridgehead atoms. The van der Waals surface area contributed by atoms with Gasteiger partial charge >= 0.3 is 0 Å². The van der Waals surface area contributed by atoms with Crippen LogP contribution in [-0.4, -0.2) is 19.6 Å². The first-order valence-corrected chi connectivity index (χ1v) is 12.7. The van der Waals surface area contributed by atoms with Crippen molar-refractivity contribution >= 4 is 34.1 Å². The van der Waals surface area contributed by atoms with Gasteiger partial charge in [0.05, 0.1) is 22.7 Å². The van der Waals surface area contributed by atoms with E-state index < -0.39 is 0 Å². The van der Waals surface area contributed by atoms with Crippen molar-refractivity contribution in [1.29, 1.82) is 0 Å². The lowest BCUT2D eigenvalue weighted by molar-refractivity contribution is 0.957. The van der Waals surface area contributed by atoms with E-state index in [2.05, 4.69) is 50.4 Å². The van der Waals surface area contributed by atoms with E-state index in [1.807, 2.05) is 127 Å². The van der Waals surface area contributed by atoms with Gasteiger partial charge in [0, 0.05) is 31.0 Å². The summed E-state index contributed by atoms with van der Waals surface area (Å²) in [7, 11) is 0. The quantitative estimate of drug-likeness (QED) is 0.151. The Hall–Kier alpha value is -5.10. The molecule has 0 heterocycles. The Bertz CT molecular complexity index is 1320. The van der Waals surface area contributed by atoms with Crippen molar-refractivity contribution in [1.82, 2.24) is 0 Å². The van der Waals surface area contributed by atoms with Crippen molar-refractivity contribution in [2.75, 3.05) is 29.9 Å². The van der Waals surface area contributed by atoms with Crippen LogP contribution >= 0.6 is 0 Å². The van der Waals surface area contributed by atoms with Crippen LogP contribution in [0.1, 0.15) is 0 Å². The Kier molecular flexibility index (Phi) is 12.1. The Labute approximate surface area is 231 Å². The molecule has 6 nitrogen and oxygen atoms in total. The fraction of sp³-hybridized carbons (Fsp3) is 0.0909. The molecule has 0 radical (unpaired) electrons. The molecule has 0 aromatic heterocycles. The van der Waals surface area contributed by atoms with Crippen molar-refractivity contribution < 1.29 is 0 Å². The first-order valence-electron chi connectivity index (χ1n) is 12.7. The Morgan fingerprint density at radius 1 is 0.513 bits per heavy atom. The molecule has 0 aliphatic carbocycles. The fourth-order valence-corrected chi connectivity index (χ4v) is 3.38. The van der Waals surface area contributed by atoms with Gasteiger partial charge in [-0.15, -0.1) is 19.7 Å². The molecule has 1 N–H and O–H groups in total. The summed E-state index contributed by atoms with van der Waals surface area (Å²) in [6.45, 7) is 13.6. The molecule has 0 fully saturated rings. The third-order valence-electron chi connectivity index (χ3n) is 5.31. The van der Waals surface area contributed by atoms with Crippen LogP contribution in [0.25, 0.3) is 0 Å². The van der Waals surface area contributed by atoms with Crippen LogP contribution in [0.3, 0.4) is 0 Å². The first-order chi connectivity index (χ1) is 19.2. The second-order valence-electron chi connectivity index (χ2n) is 8.29. The lowest BCUT2D eigenvalue weighted by Crippen LogP contribution is -2.22. The zero-order valence-electron chi connectivity index (χ0n) is 22.1. The normalized spacial score (nSPS) is 10.5. The molecule has 0 saturated carbocycles. The topological polar surface area (TPSA) is 64.7 Å². The van der Waals surface area contributed by atoms with Gasteiger partial charge in [0.15, 0.2) is 0 Å². The second kappa shape index (κ2) is 16.6. The maximum Gasteiger partial charge on any atom is 0.0858 e. The van der Waals surface area contributed by atoms with E-state index in [9.17, 15) is 0 Å². The summed E-state index contributed by atoms with van der Waals surface area (Å²) in [6.07, 6.45) is 5.59. The zero-order valence-corrected chi connectivity index (χ0v) is 22.1. The molecule has 4 rings (SSSR count). The molecule has 0 saturated heterocycles. The molecule has 4 aromatic rings. The second-order valence-corrected chi connectivity index (χ2v) is 8.29. The number of nitrogens with one attached hydrogen (secondary N) is 1. The number of rotatable bonds is 12. The predicted molar refractivity (Wildman–Crippen MR) is 165 cm³/mol. The summed E-state index contributed by atoms with van der Waals surface area (Å²) in [5, 5.41) is 20.0. The minimum absolute atomic E-state index is 0.755. The Morgan fingerprint density at radius 3 is 1.33 bits per heavy atom. The standard InChI is InChI=1S/C18H19N3.C15H15N3/c1-3-14-21(15-4-2)18-12-10-17(11-13-18)20-19-16-8-6-5-7-9-16;1-2-12-16-13-8-10-15(11-9-13)18-17-14-6-4-3-5-7-14/h3-13H,1-2,14-15H2;2-11,16H,1,12H2. The van der Waals surface area contributed by atoms with Gasteiger partial charge in [0.25, 0.3) is 0 Å². The number of nitrogens with zero attached hydrogens (tertiary/aromatic N) is 5. The smallest absolute Gasteiger partial charge is 0.0858 e. The molecule has 0 atom stereocenters. The van der Waals surface area contributed by atoms with E-state index in [-0.39, 0.29) is 0 Å². The van der Waals surface area contributed by atoms with Crippen molar-refractivity contribution in [3.05, 3.63) is 147 Å².